The Balaban J connectivity index is 1.81. The minimum absolute atomic E-state index is 0.131. The quantitative estimate of drug-likeness (QED) is 0.802. The molecule has 3 aromatic rings. The molecule has 0 aliphatic heterocycles. The molecule has 3 rings (SSSR count). The molecule has 0 saturated carbocycles. The zero-order valence-electron chi connectivity index (χ0n) is 11.7. The first-order valence-corrected chi connectivity index (χ1v) is 6.89. The van der Waals surface area contributed by atoms with Gasteiger partial charge in [-0.3, -0.25) is 4.68 Å². The Labute approximate surface area is 126 Å². The van der Waals surface area contributed by atoms with Crippen LogP contribution in [0, 0.1) is 12.7 Å². The highest BCUT2D eigenvalue weighted by atomic mass is 35.5. The van der Waals surface area contributed by atoms with Crippen molar-refractivity contribution in [3.63, 3.8) is 0 Å². The molecule has 1 N–H and O–H groups in total. The highest BCUT2D eigenvalue weighted by Crippen LogP contribution is 2.21. The van der Waals surface area contributed by atoms with E-state index in [0.717, 1.165) is 28.0 Å². The molecule has 6 heteroatoms. The van der Waals surface area contributed by atoms with Crippen molar-refractivity contribution in [2.45, 2.75) is 13.5 Å². The third kappa shape index (κ3) is 2.69. The molecule has 4 nitrogen and oxygen atoms in total. The van der Waals surface area contributed by atoms with E-state index in [1.807, 2.05) is 20.0 Å². The van der Waals surface area contributed by atoms with Gasteiger partial charge in [0.2, 0.25) is 0 Å². The summed E-state index contributed by atoms with van der Waals surface area (Å²) in [5.74, 6) is -0.408. The zero-order chi connectivity index (χ0) is 15.0. The minimum atomic E-state index is -0.408. The van der Waals surface area contributed by atoms with Gasteiger partial charge in [0.15, 0.2) is 5.65 Å². The highest BCUT2D eigenvalue weighted by molar-refractivity contribution is 6.30. The number of aryl methyl sites for hydroxylation is 2. The number of hydrogen-bond acceptors (Lipinski definition) is 3. The van der Waals surface area contributed by atoms with Crippen molar-refractivity contribution in [3.05, 3.63) is 52.6 Å². The van der Waals surface area contributed by atoms with Crippen LogP contribution in [-0.4, -0.2) is 14.8 Å². The van der Waals surface area contributed by atoms with Crippen LogP contribution in [0.25, 0.3) is 11.0 Å². The van der Waals surface area contributed by atoms with Crippen LogP contribution in [0.5, 0.6) is 0 Å². The molecular formula is C15H14ClFN4. The van der Waals surface area contributed by atoms with Gasteiger partial charge in [-0.05, 0) is 30.7 Å². The summed E-state index contributed by atoms with van der Waals surface area (Å²) in [7, 11) is 1.87. The zero-order valence-corrected chi connectivity index (χ0v) is 12.4. The molecule has 0 amide bonds. The molecule has 0 aliphatic carbocycles. The molecule has 0 spiro atoms. The van der Waals surface area contributed by atoms with Crippen molar-refractivity contribution in [2.24, 2.45) is 7.05 Å². The predicted molar refractivity (Wildman–Crippen MR) is 82.0 cm³/mol. The monoisotopic (exact) mass is 304 g/mol. The molecule has 108 valence electrons. The molecule has 1 aromatic carbocycles. The van der Waals surface area contributed by atoms with Crippen LogP contribution >= 0.6 is 11.6 Å². The SMILES string of the molecule is Cc1nn(C)c2ncc(NCc3ccc(F)c(Cl)c3)cc12. The number of pyridine rings is 1. The van der Waals surface area contributed by atoms with Gasteiger partial charge in [0.25, 0.3) is 0 Å². The lowest BCUT2D eigenvalue weighted by Crippen LogP contribution is -2.00. The molecule has 0 radical (unpaired) electrons. The van der Waals surface area contributed by atoms with E-state index in [-0.39, 0.29) is 5.02 Å². The van der Waals surface area contributed by atoms with Crippen molar-refractivity contribution in [1.29, 1.82) is 0 Å². The van der Waals surface area contributed by atoms with E-state index in [1.165, 1.54) is 6.07 Å². The summed E-state index contributed by atoms with van der Waals surface area (Å²) >= 11 is 5.77. The first-order valence-electron chi connectivity index (χ1n) is 6.52. The second-order valence-corrected chi connectivity index (χ2v) is 5.31. The van der Waals surface area contributed by atoms with Crippen LogP contribution < -0.4 is 5.32 Å². The Kier molecular flexibility index (Phi) is 3.51. The van der Waals surface area contributed by atoms with Crippen LogP contribution in [0.15, 0.2) is 30.5 Å². The Morgan fingerprint density at radius 1 is 1.33 bits per heavy atom. The van der Waals surface area contributed by atoms with Crippen LogP contribution in [0.4, 0.5) is 10.1 Å². The maximum atomic E-state index is 13.1. The lowest BCUT2D eigenvalue weighted by Gasteiger charge is -2.07. The van der Waals surface area contributed by atoms with Crippen LogP contribution in [0.1, 0.15) is 11.3 Å². The van der Waals surface area contributed by atoms with Crippen LogP contribution in [0.2, 0.25) is 5.02 Å². The average molecular weight is 305 g/mol. The van der Waals surface area contributed by atoms with Gasteiger partial charge in [-0.25, -0.2) is 9.37 Å². The standard InChI is InChI=1S/C15H14ClFN4/c1-9-12-6-11(8-19-15(12)21(2)20-9)18-7-10-3-4-14(17)13(16)5-10/h3-6,8,18H,7H2,1-2H3. The number of halogens is 2. The number of nitrogens with zero attached hydrogens (tertiary/aromatic N) is 3. The molecular weight excluding hydrogens is 291 g/mol. The molecule has 0 bridgehead atoms. The molecule has 2 heterocycles. The average Bonchev–Trinajstić information content (AvgIpc) is 2.75. The highest BCUT2D eigenvalue weighted by Gasteiger charge is 2.07. The van der Waals surface area contributed by atoms with Gasteiger partial charge in [0, 0.05) is 19.0 Å². The Hall–Kier alpha value is -2.14. The summed E-state index contributed by atoms with van der Waals surface area (Å²) in [4.78, 5) is 4.40. The summed E-state index contributed by atoms with van der Waals surface area (Å²) in [6.45, 7) is 2.50. The topological polar surface area (TPSA) is 42.7 Å². The van der Waals surface area contributed by atoms with Crippen molar-refractivity contribution in [3.8, 4) is 0 Å². The largest absolute Gasteiger partial charge is 0.380 e. The molecule has 2 aromatic heterocycles. The Morgan fingerprint density at radius 3 is 2.90 bits per heavy atom. The van der Waals surface area contributed by atoms with Gasteiger partial charge in [-0.15, -0.1) is 0 Å². The van der Waals surface area contributed by atoms with E-state index in [1.54, 1.807) is 23.0 Å². The molecule has 0 unspecified atom stereocenters. The van der Waals surface area contributed by atoms with Crippen molar-refractivity contribution in [2.75, 3.05) is 5.32 Å². The maximum Gasteiger partial charge on any atom is 0.157 e. The molecule has 0 aliphatic rings. The van der Waals surface area contributed by atoms with Gasteiger partial charge in [0.05, 0.1) is 22.6 Å². The smallest absolute Gasteiger partial charge is 0.157 e. The first kappa shape index (κ1) is 13.8. The number of anilines is 1. The summed E-state index contributed by atoms with van der Waals surface area (Å²) in [6.07, 6.45) is 1.76. The van der Waals surface area contributed by atoms with Crippen molar-refractivity contribution >= 4 is 28.3 Å². The van der Waals surface area contributed by atoms with E-state index < -0.39 is 5.82 Å². The molecule has 0 atom stereocenters. The number of hydrogen-bond donors (Lipinski definition) is 1. The summed E-state index contributed by atoms with van der Waals surface area (Å²) in [6, 6.07) is 6.70. The molecule has 0 saturated heterocycles. The van der Waals surface area contributed by atoms with Crippen LogP contribution in [0.3, 0.4) is 0 Å². The van der Waals surface area contributed by atoms with Gasteiger partial charge < -0.3 is 5.32 Å². The minimum Gasteiger partial charge on any atom is -0.380 e. The fourth-order valence-electron chi connectivity index (χ4n) is 2.26. The molecule has 21 heavy (non-hydrogen) atoms. The summed E-state index contributed by atoms with van der Waals surface area (Å²) in [5.41, 5.74) is 3.58. The van der Waals surface area contributed by atoms with E-state index in [9.17, 15) is 4.39 Å². The fourth-order valence-corrected chi connectivity index (χ4v) is 2.46. The Bertz CT molecular complexity index is 813. The van der Waals surface area contributed by atoms with Gasteiger partial charge >= 0.3 is 0 Å². The summed E-state index contributed by atoms with van der Waals surface area (Å²) in [5, 5.41) is 8.74. The normalized spacial score (nSPS) is 11.0. The summed E-state index contributed by atoms with van der Waals surface area (Å²) < 4.78 is 14.9. The second-order valence-electron chi connectivity index (χ2n) is 4.91. The van der Waals surface area contributed by atoms with Gasteiger partial charge in [0.1, 0.15) is 5.82 Å². The van der Waals surface area contributed by atoms with Gasteiger partial charge in [-0.2, -0.15) is 5.10 Å². The lowest BCUT2D eigenvalue weighted by molar-refractivity contribution is 0.627. The fraction of sp³-hybridized carbons (Fsp3) is 0.200. The predicted octanol–water partition coefficient (Wildman–Crippen LogP) is 3.68. The number of benzene rings is 1. The van der Waals surface area contributed by atoms with Crippen molar-refractivity contribution in [1.82, 2.24) is 14.8 Å². The van der Waals surface area contributed by atoms with Crippen molar-refractivity contribution < 1.29 is 4.39 Å². The number of fused-ring (bicyclic) bond motifs is 1. The second kappa shape index (κ2) is 5.33. The number of nitrogens with one attached hydrogen (secondary N) is 1. The maximum absolute atomic E-state index is 13.1. The Morgan fingerprint density at radius 2 is 2.14 bits per heavy atom. The number of aromatic nitrogens is 3. The van der Waals surface area contributed by atoms with E-state index >= 15 is 0 Å². The van der Waals surface area contributed by atoms with E-state index in [2.05, 4.69) is 15.4 Å². The first-order chi connectivity index (χ1) is 10.0. The third-order valence-electron chi connectivity index (χ3n) is 3.34. The number of rotatable bonds is 3. The molecule has 0 fully saturated rings. The lowest BCUT2D eigenvalue weighted by atomic mass is 10.2. The van der Waals surface area contributed by atoms with E-state index in [0.29, 0.717) is 6.54 Å². The third-order valence-corrected chi connectivity index (χ3v) is 3.63. The van der Waals surface area contributed by atoms with E-state index in [4.69, 9.17) is 11.6 Å². The van der Waals surface area contributed by atoms with Gasteiger partial charge in [-0.1, -0.05) is 17.7 Å². The van der Waals surface area contributed by atoms with Crippen LogP contribution in [-0.2, 0) is 13.6 Å².